The van der Waals surface area contributed by atoms with Crippen LogP contribution >= 0.6 is 11.6 Å². The summed E-state index contributed by atoms with van der Waals surface area (Å²) in [5, 5.41) is 0.697. The molecule has 0 aliphatic carbocycles. The van der Waals surface area contributed by atoms with Gasteiger partial charge in [-0.1, -0.05) is 23.7 Å². The van der Waals surface area contributed by atoms with Crippen molar-refractivity contribution in [1.29, 1.82) is 0 Å². The van der Waals surface area contributed by atoms with Gasteiger partial charge in [0.25, 0.3) is 0 Å². The Kier molecular flexibility index (Phi) is 3.13. The molecule has 0 N–H and O–H groups in total. The van der Waals surface area contributed by atoms with Crippen molar-refractivity contribution in [1.82, 2.24) is 14.5 Å². The van der Waals surface area contributed by atoms with Crippen LogP contribution in [0.3, 0.4) is 0 Å². The number of halogens is 1. The monoisotopic (exact) mass is 299 g/mol. The van der Waals surface area contributed by atoms with Crippen LogP contribution < -0.4 is 0 Å². The molecule has 1 fully saturated rings. The predicted octanol–water partition coefficient (Wildman–Crippen LogP) is 3.58. The number of benzene rings is 1. The molecule has 1 aliphatic rings. The van der Waals surface area contributed by atoms with Crippen molar-refractivity contribution < 1.29 is 4.74 Å². The molecular formula is C16H14ClN3O. The van der Waals surface area contributed by atoms with Crippen LogP contribution in [0.4, 0.5) is 0 Å². The van der Waals surface area contributed by atoms with Gasteiger partial charge >= 0.3 is 0 Å². The molecule has 21 heavy (non-hydrogen) atoms. The van der Waals surface area contributed by atoms with Gasteiger partial charge in [0.2, 0.25) is 0 Å². The van der Waals surface area contributed by atoms with E-state index in [4.69, 9.17) is 21.3 Å². The Morgan fingerprint density at radius 2 is 2.10 bits per heavy atom. The fraction of sp³-hybridized carbons (Fsp3) is 0.250. The van der Waals surface area contributed by atoms with Crippen LogP contribution in [0, 0.1) is 0 Å². The third-order valence-electron chi connectivity index (χ3n) is 3.83. The SMILES string of the molecule is Clc1ccccc1-n1c(C2CCOC2)nc2cccnc21. The highest BCUT2D eigenvalue weighted by atomic mass is 35.5. The van der Waals surface area contributed by atoms with E-state index in [0.717, 1.165) is 35.7 Å². The molecule has 4 rings (SSSR count). The number of hydrogen-bond donors (Lipinski definition) is 0. The Morgan fingerprint density at radius 3 is 2.90 bits per heavy atom. The highest BCUT2D eigenvalue weighted by molar-refractivity contribution is 6.32. The summed E-state index contributed by atoms with van der Waals surface area (Å²) in [7, 11) is 0. The zero-order valence-corrected chi connectivity index (χ0v) is 12.1. The van der Waals surface area contributed by atoms with E-state index in [1.807, 2.05) is 36.4 Å². The second-order valence-electron chi connectivity index (χ2n) is 5.16. The normalized spacial score (nSPS) is 18.4. The summed E-state index contributed by atoms with van der Waals surface area (Å²) in [5.41, 5.74) is 2.65. The number of nitrogens with zero attached hydrogens (tertiary/aromatic N) is 3. The fourth-order valence-corrected chi connectivity index (χ4v) is 3.03. The molecule has 5 heteroatoms. The van der Waals surface area contributed by atoms with Crippen LogP contribution in [0.5, 0.6) is 0 Å². The quantitative estimate of drug-likeness (QED) is 0.726. The van der Waals surface area contributed by atoms with Gasteiger partial charge in [0, 0.05) is 18.7 Å². The van der Waals surface area contributed by atoms with E-state index in [1.54, 1.807) is 6.20 Å². The van der Waals surface area contributed by atoms with Gasteiger partial charge in [0.05, 0.1) is 17.3 Å². The molecule has 0 spiro atoms. The van der Waals surface area contributed by atoms with Gasteiger partial charge in [-0.15, -0.1) is 0 Å². The Balaban J connectivity index is 2.00. The van der Waals surface area contributed by atoms with E-state index >= 15 is 0 Å². The van der Waals surface area contributed by atoms with Crippen molar-refractivity contribution in [3.63, 3.8) is 0 Å². The summed E-state index contributed by atoms with van der Waals surface area (Å²) in [5.74, 6) is 1.27. The molecule has 2 aromatic heterocycles. The van der Waals surface area contributed by atoms with E-state index in [9.17, 15) is 0 Å². The number of para-hydroxylation sites is 1. The van der Waals surface area contributed by atoms with Gasteiger partial charge in [0.1, 0.15) is 11.3 Å². The average Bonchev–Trinajstić information content (AvgIpc) is 3.15. The summed E-state index contributed by atoms with van der Waals surface area (Å²) in [4.78, 5) is 9.27. The van der Waals surface area contributed by atoms with Crippen LogP contribution in [0.2, 0.25) is 5.02 Å². The molecule has 1 aliphatic heterocycles. The third-order valence-corrected chi connectivity index (χ3v) is 4.15. The Bertz CT molecular complexity index is 793. The lowest BCUT2D eigenvalue weighted by molar-refractivity contribution is 0.193. The van der Waals surface area contributed by atoms with Crippen LogP contribution in [-0.2, 0) is 4.74 Å². The van der Waals surface area contributed by atoms with Crippen molar-refractivity contribution in [3.8, 4) is 5.69 Å². The van der Waals surface area contributed by atoms with Crippen LogP contribution in [0.15, 0.2) is 42.6 Å². The first-order chi connectivity index (χ1) is 10.3. The zero-order valence-electron chi connectivity index (χ0n) is 11.4. The van der Waals surface area contributed by atoms with Gasteiger partial charge in [-0.25, -0.2) is 9.97 Å². The molecule has 0 amide bonds. The van der Waals surface area contributed by atoms with Gasteiger partial charge in [-0.3, -0.25) is 4.57 Å². The minimum absolute atomic E-state index is 0.287. The molecule has 1 saturated heterocycles. The molecule has 3 heterocycles. The van der Waals surface area contributed by atoms with Crippen molar-refractivity contribution in [3.05, 3.63) is 53.4 Å². The summed E-state index contributed by atoms with van der Waals surface area (Å²) < 4.78 is 7.59. The predicted molar refractivity (Wildman–Crippen MR) is 82.1 cm³/mol. The minimum Gasteiger partial charge on any atom is -0.381 e. The van der Waals surface area contributed by atoms with E-state index < -0.39 is 0 Å². The number of hydrogen-bond acceptors (Lipinski definition) is 3. The van der Waals surface area contributed by atoms with Crippen LogP contribution in [0.25, 0.3) is 16.9 Å². The highest BCUT2D eigenvalue weighted by Gasteiger charge is 2.26. The standard InChI is InChI=1S/C16H14ClN3O/c17-12-4-1-2-6-14(12)20-15(11-7-9-21-10-11)19-13-5-3-8-18-16(13)20/h1-6,8,11H,7,9-10H2. The van der Waals surface area contributed by atoms with Crippen molar-refractivity contribution >= 4 is 22.8 Å². The van der Waals surface area contributed by atoms with Gasteiger partial charge < -0.3 is 4.74 Å². The first-order valence-electron chi connectivity index (χ1n) is 7.00. The molecule has 0 bridgehead atoms. The molecular weight excluding hydrogens is 286 g/mol. The minimum atomic E-state index is 0.287. The Morgan fingerprint density at radius 1 is 1.19 bits per heavy atom. The van der Waals surface area contributed by atoms with Crippen LogP contribution in [0.1, 0.15) is 18.2 Å². The van der Waals surface area contributed by atoms with E-state index in [2.05, 4.69) is 9.55 Å². The number of rotatable bonds is 2. The number of fused-ring (bicyclic) bond motifs is 1. The summed E-state index contributed by atoms with van der Waals surface area (Å²) >= 11 is 6.39. The van der Waals surface area contributed by atoms with Crippen LogP contribution in [-0.4, -0.2) is 27.7 Å². The van der Waals surface area contributed by atoms with Gasteiger partial charge in [0.15, 0.2) is 5.65 Å². The molecule has 106 valence electrons. The Hall–Kier alpha value is -1.91. The maximum atomic E-state index is 6.39. The molecule has 1 atom stereocenters. The number of imidazole rings is 1. The third kappa shape index (κ3) is 2.11. The second kappa shape index (κ2) is 5.13. The first kappa shape index (κ1) is 12.8. The topological polar surface area (TPSA) is 39.9 Å². The highest BCUT2D eigenvalue weighted by Crippen LogP contribution is 2.32. The smallest absolute Gasteiger partial charge is 0.164 e. The lowest BCUT2D eigenvalue weighted by Gasteiger charge is -2.13. The van der Waals surface area contributed by atoms with E-state index in [-0.39, 0.29) is 5.92 Å². The molecule has 1 aromatic carbocycles. The second-order valence-corrected chi connectivity index (χ2v) is 5.57. The number of pyridine rings is 1. The van der Waals surface area contributed by atoms with Gasteiger partial charge in [-0.2, -0.15) is 0 Å². The molecule has 0 saturated carbocycles. The summed E-state index contributed by atoms with van der Waals surface area (Å²) in [6.45, 7) is 1.48. The lowest BCUT2D eigenvalue weighted by Crippen LogP contribution is -2.08. The molecule has 0 radical (unpaired) electrons. The number of ether oxygens (including phenoxy) is 1. The maximum absolute atomic E-state index is 6.39. The molecule has 4 nitrogen and oxygen atoms in total. The van der Waals surface area contributed by atoms with Crippen molar-refractivity contribution in [2.75, 3.05) is 13.2 Å². The molecule has 3 aromatic rings. The summed E-state index contributed by atoms with van der Waals surface area (Å²) in [6.07, 6.45) is 2.76. The fourth-order valence-electron chi connectivity index (χ4n) is 2.81. The van der Waals surface area contributed by atoms with E-state index in [1.165, 1.54) is 0 Å². The van der Waals surface area contributed by atoms with E-state index in [0.29, 0.717) is 11.6 Å². The number of aromatic nitrogens is 3. The van der Waals surface area contributed by atoms with Crippen molar-refractivity contribution in [2.45, 2.75) is 12.3 Å². The van der Waals surface area contributed by atoms with Crippen molar-refractivity contribution in [2.24, 2.45) is 0 Å². The first-order valence-corrected chi connectivity index (χ1v) is 7.38. The zero-order chi connectivity index (χ0) is 14.2. The average molecular weight is 300 g/mol. The Labute approximate surface area is 127 Å². The largest absolute Gasteiger partial charge is 0.381 e. The maximum Gasteiger partial charge on any atom is 0.164 e. The van der Waals surface area contributed by atoms with Gasteiger partial charge in [-0.05, 0) is 30.7 Å². The lowest BCUT2D eigenvalue weighted by atomic mass is 10.1. The molecule has 1 unspecified atom stereocenters. The summed E-state index contributed by atoms with van der Waals surface area (Å²) in [6, 6.07) is 11.7.